The minimum Gasteiger partial charge on any atom is -0.463 e. The Labute approximate surface area is 258 Å². The van der Waals surface area contributed by atoms with Crippen LogP contribution >= 0.6 is 15.9 Å². The first-order valence-corrected chi connectivity index (χ1v) is 15.1. The molecule has 0 saturated carbocycles. The number of halogens is 1. The molecule has 2 aromatic heterocycles. The predicted octanol–water partition coefficient (Wildman–Crippen LogP) is 5.55. The summed E-state index contributed by atoms with van der Waals surface area (Å²) in [5.74, 6) is -2.60. The maximum Gasteiger partial charge on any atom is 0.238 e. The average molecular weight is 651 g/mol. The number of carbonyl (C=O) groups excluding carboxylic acids is 4. The second kappa shape index (κ2) is 9.93. The van der Waals surface area contributed by atoms with Crippen LogP contribution < -0.4 is 4.90 Å². The molecule has 0 bridgehead atoms. The van der Waals surface area contributed by atoms with Crippen LogP contribution in [0.25, 0.3) is 22.6 Å². The van der Waals surface area contributed by atoms with Gasteiger partial charge in [0, 0.05) is 22.8 Å². The molecule has 218 valence electrons. The van der Waals surface area contributed by atoms with Gasteiger partial charge in [0.25, 0.3) is 0 Å². The van der Waals surface area contributed by atoms with Crippen molar-refractivity contribution in [1.82, 2.24) is 4.98 Å². The van der Waals surface area contributed by atoms with E-state index in [1.807, 2.05) is 30.3 Å². The van der Waals surface area contributed by atoms with Gasteiger partial charge in [-0.25, -0.2) is 4.98 Å². The van der Waals surface area contributed by atoms with Crippen LogP contribution in [0.4, 0.5) is 5.69 Å². The molecule has 4 unspecified atom stereocenters. The summed E-state index contributed by atoms with van der Waals surface area (Å²) in [5, 5.41) is 9.63. The predicted molar refractivity (Wildman–Crippen MR) is 161 cm³/mol. The number of aliphatic hydroxyl groups is 1. The number of aliphatic hydroxyl groups excluding tert-OH is 1. The van der Waals surface area contributed by atoms with Crippen molar-refractivity contribution in [1.29, 1.82) is 0 Å². The van der Waals surface area contributed by atoms with Gasteiger partial charge in [-0.2, -0.15) is 0 Å². The Kier molecular flexibility index (Phi) is 6.08. The number of ketones is 2. The van der Waals surface area contributed by atoms with Gasteiger partial charge in [-0.15, -0.1) is 0 Å². The number of aromatic nitrogens is 1. The van der Waals surface area contributed by atoms with Crippen LogP contribution in [0.2, 0.25) is 0 Å². The van der Waals surface area contributed by atoms with E-state index in [1.54, 1.807) is 36.4 Å². The molecule has 0 radical (unpaired) electrons. The summed E-state index contributed by atoms with van der Waals surface area (Å²) in [6, 6.07) is 17.7. The van der Waals surface area contributed by atoms with Gasteiger partial charge in [0.15, 0.2) is 17.1 Å². The molecule has 1 N–H and O–H groups in total. The molecule has 10 heteroatoms. The van der Waals surface area contributed by atoms with Gasteiger partial charge in [0.2, 0.25) is 17.7 Å². The molecule has 9 nitrogen and oxygen atoms in total. The van der Waals surface area contributed by atoms with E-state index in [9.17, 15) is 24.3 Å². The lowest BCUT2D eigenvalue weighted by Gasteiger charge is -2.41. The normalized spacial score (nSPS) is 24.8. The van der Waals surface area contributed by atoms with Crippen molar-refractivity contribution in [3.63, 3.8) is 0 Å². The molecule has 1 saturated heterocycles. The van der Waals surface area contributed by atoms with Crippen molar-refractivity contribution in [3.05, 3.63) is 106 Å². The molecule has 4 aromatic rings. The number of carbonyl (C=O) groups is 4. The zero-order valence-electron chi connectivity index (χ0n) is 23.0. The number of imide groups is 1. The molecule has 1 aliphatic heterocycles. The lowest BCUT2D eigenvalue weighted by atomic mass is 9.60. The number of allylic oxidation sites excluding steroid dienone is 6. The number of furan rings is 1. The van der Waals surface area contributed by atoms with E-state index in [2.05, 4.69) is 20.9 Å². The number of amides is 2. The average Bonchev–Trinajstić information content (AvgIpc) is 3.75. The van der Waals surface area contributed by atoms with Gasteiger partial charge in [-0.05, 0) is 83.2 Å². The molecule has 8 rings (SSSR count). The third kappa shape index (κ3) is 3.90. The third-order valence-corrected chi connectivity index (χ3v) is 9.71. The zero-order chi connectivity index (χ0) is 30.3. The molecular formula is C34H23BrN2O7. The molecule has 4 atom stereocenters. The van der Waals surface area contributed by atoms with Crippen LogP contribution in [-0.4, -0.2) is 33.5 Å². The number of rotatable bonds is 4. The molecule has 4 aliphatic rings. The smallest absolute Gasteiger partial charge is 0.238 e. The summed E-state index contributed by atoms with van der Waals surface area (Å²) in [7, 11) is 0. The largest absolute Gasteiger partial charge is 0.463 e. The summed E-state index contributed by atoms with van der Waals surface area (Å²) in [5.41, 5.74) is 3.97. The van der Waals surface area contributed by atoms with Gasteiger partial charge in [-0.3, -0.25) is 24.1 Å². The van der Waals surface area contributed by atoms with Crippen molar-refractivity contribution in [2.45, 2.75) is 25.4 Å². The minimum atomic E-state index is -0.712. The highest BCUT2D eigenvalue weighted by atomic mass is 79.9. The van der Waals surface area contributed by atoms with Crippen LogP contribution in [0.15, 0.2) is 103 Å². The number of hydrogen-bond acceptors (Lipinski definition) is 8. The lowest BCUT2D eigenvalue weighted by molar-refractivity contribution is -0.123. The molecule has 2 aromatic carbocycles. The third-order valence-electron chi connectivity index (χ3n) is 9.12. The Morgan fingerprint density at radius 2 is 1.73 bits per heavy atom. The number of fused-ring (bicyclic) bond motifs is 4. The molecule has 3 aliphatic carbocycles. The van der Waals surface area contributed by atoms with Crippen molar-refractivity contribution in [2.24, 2.45) is 17.8 Å². The molecule has 1 fully saturated rings. The first kappa shape index (κ1) is 26.9. The molecule has 44 heavy (non-hydrogen) atoms. The van der Waals surface area contributed by atoms with Crippen LogP contribution in [0.1, 0.15) is 30.3 Å². The number of hydrogen-bond donors (Lipinski definition) is 1. The van der Waals surface area contributed by atoms with Gasteiger partial charge in [-0.1, -0.05) is 23.8 Å². The van der Waals surface area contributed by atoms with Crippen molar-refractivity contribution in [3.8, 4) is 11.5 Å². The zero-order valence-corrected chi connectivity index (χ0v) is 24.6. The van der Waals surface area contributed by atoms with Gasteiger partial charge < -0.3 is 13.9 Å². The quantitative estimate of drug-likeness (QED) is 0.173. The molecule has 2 amide bonds. The SMILES string of the molecule is O=C1C=C(Br)C(=O)C2=C1C(c1ccc(CO)o1)C1=CCC3C(=O)N(c4ccc(-c5nc6ccccc6o5)cc4)C(=O)C3C1C2. The fourth-order valence-corrected chi connectivity index (χ4v) is 7.62. The van der Waals surface area contributed by atoms with E-state index in [-0.39, 0.29) is 40.9 Å². The Morgan fingerprint density at radius 3 is 2.48 bits per heavy atom. The number of oxazole rings is 1. The van der Waals surface area contributed by atoms with E-state index < -0.39 is 23.7 Å². The Hall–Kier alpha value is -4.67. The lowest BCUT2D eigenvalue weighted by Crippen LogP contribution is -2.39. The monoisotopic (exact) mass is 650 g/mol. The van der Waals surface area contributed by atoms with Gasteiger partial charge in [0.05, 0.1) is 27.9 Å². The Bertz CT molecular complexity index is 2000. The number of para-hydroxylation sites is 2. The molecule has 0 spiro atoms. The topological polar surface area (TPSA) is 131 Å². The van der Waals surface area contributed by atoms with E-state index in [0.717, 1.165) is 11.1 Å². The maximum absolute atomic E-state index is 14.1. The van der Waals surface area contributed by atoms with Crippen LogP contribution in [0.5, 0.6) is 0 Å². The first-order valence-electron chi connectivity index (χ1n) is 14.3. The van der Waals surface area contributed by atoms with Crippen molar-refractivity contribution < 1.29 is 33.1 Å². The van der Waals surface area contributed by atoms with E-state index >= 15 is 0 Å². The van der Waals surface area contributed by atoms with Crippen LogP contribution in [0.3, 0.4) is 0 Å². The Morgan fingerprint density at radius 1 is 0.932 bits per heavy atom. The van der Waals surface area contributed by atoms with Crippen LogP contribution in [0, 0.1) is 17.8 Å². The van der Waals surface area contributed by atoms with E-state index in [0.29, 0.717) is 51.8 Å². The standard InChI is InChI=1S/C34H23BrN2O7/c35-23-14-25(39)29-22(31(23)40)13-21-19(30(29)27-12-9-18(15-38)43-27)10-11-20-28(21)34(42)37(33(20)41)17-7-5-16(6-8-17)32-36-24-3-1-2-4-26(24)44-32/h1-10,12,14,20-21,28,30,38H,11,13,15H2. The number of benzene rings is 2. The highest BCUT2D eigenvalue weighted by Gasteiger charge is 2.57. The summed E-state index contributed by atoms with van der Waals surface area (Å²) in [6.07, 6.45) is 3.67. The number of Topliss-reactive ketones (excluding diaryl/α,β-unsaturated/α-hetero) is 1. The highest BCUT2D eigenvalue weighted by molar-refractivity contribution is 9.12. The first-order chi connectivity index (χ1) is 21.3. The fourth-order valence-electron chi connectivity index (χ4n) is 7.17. The fraction of sp³-hybridized carbons (Fsp3) is 0.206. The molecular weight excluding hydrogens is 628 g/mol. The molecule has 3 heterocycles. The van der Waals surface area contributed by atoms with Gasteiger partial charge in [0.1, 0.15) is 23.6 Å². The minimum absolute atomic E-state index is 0.156. The van der Waals surface area contributed by atoms with Crippen molar-refractivity contribution in [2.75, 3.05) is 4.90 Å². The van der Waals surface area contributed by atoms with E-state index in [1.165, 1.54) is 11.0 Å². The van der Waals surface area contributed by atoms with Gasteiger partial charge >= 0.3 is 0 Å². The summed E-state index contributed by atoms with van der Waals surface area (Å²) >= 11 is 3.23. The summed E-state index contributed by atoms with van der Waals surface area (Å²) in [4.78, 5) is 60.4. The van der Waals surface area contributed by atoms with Crippen molar-refractivity contribution >= 4 is 56.1 Å². The number of nitrogens with zero attached hydrogens (tertiary/aromatic N) is 2. The second-order valence-electron chi connectivity index (χ2n) is 11.4. The maximum atomic E-state index is 14.1. The summed E-state index contributed by atoms with van der Waals surface area (Å²) < 4.78 is 11.9. The number of anilines is 1. The summed E-state index contributed by atoms with van der Waals surface area (Å²) in [6.45, 7) is -0.322. The second-order valence-corrected chi connectivity index (χ2v) is 12.3. The highest BCUT2D eigenvalue weighted by Crippen LogP contribution is 2.55. The van der Waals surface area contributed by atoms with Crippen LogP contribution in [-0.2, 0) is 25.8 Å². The Balaban J connectivity index is 1.15. The van der Waals surface area contributed by atoms with E-state index in [4.69, 9.17) is 8.83 Å².